The standard InChI is InChI=1S/C16H17NOS3/c1-17(2)16(19)18-12-6-4-8-14(10-12)21-15-9-5-7-13(11-15)20-3/h4-11H,1-3H3. The van der Waals surface area contributed by atoms with Gasteiger partial charge in [0.2, 0.25) is 0 Å². The molecule has 0 N–H and O–H groups in total. The van der Waals surface area contributed by atoms with Crippen molar-refractivity contribution in [2.75, 3.05) is 20.4 Å². The van der Waals surface area contributed by atoms with Gasteiger partial charge in [0.05, 0.1) is 0 Å². The summed E-state index contributed by atoms with van der Waals surface area (Å²) in [5, 5.41) is 0.460. The molecule has 21 heavy (non-hydrogen) atoms. The lowest BCUT2D eigenvalue weighted by molar-refractivity contribution is 0.448. The summed E-state index contributed by atoms with van der Waals surface area (Å²) in [5.74, 6) is 0.764. The number of thiocarbonyl (C=S) groups is 1. The zero-order chi connectivity index (χ0) is 15.2. The van der Waals surface area contributed by atoms with E-state index >= 15 is 0 Å². The van der Waals surface area contributed by atoms with E-state index in [1.54, 1.807) is 28.4 Å². The van der Waals surface area contributed by atoms with E-state index in [-0.39, 0.29) is 0 Å². The third-order valence-electron chi connectivity index (χ3n) is 2.65. The van der Waals surface area contributed by atoms with Gasteiger partial charge in [-0.15, -0.1) is 11.8 Å². The Bertz CT molecular complexity index is 628. The number of nitrogens with zero attached hydrogens (tertiary/aromatic N) is 1. The van der Waals surface area contributed by atoms with Crippen molar-refractivity contribution in [2.45, 2.75) is 14.7 Å². The molecule has 0 aliphatic heterocycles. The summed E-state index contributed by atoms with van der Waals surface area (Å²) in [6.07, 6.45) is 2.08. The van der Waals surface area contributed by atoms with Crippen molar-refractivity contribution < 1.29 is 4.74 Å². The van der Waals surface area contributed by atoms with Crippen molar-refractivity contribution in [1.82, 2.24) is 4.90 Å². The molecule has 0 bridgehead atoms. The van der Waals surface area contributed by atoms with Crippen molar-refractivity contribution in [3.05, 3.63) is 48.5 Å². The normalized spacial score (nSPS) is 10.2. The molecular formula is C16H17NOS3. The van der Waals surface area contributed by atoms with E-state index in [2.05, 4.69) is 36.6 Å². The van der Waals surface area contributed by atoms with Crippen molar-refractivity contribution in [3.63, 3.8) is 0 Å². The zero-order valence-corrected chi connectivity index (χ0v) is 14.6. The molecule has 0 aromatic heterocycles. The van der Waals surface area contributed by atoms with Gasteiger partial charge in [0, 0.05) is 28.8 Å². The smallest absolute Gasteiger partial charge is 0.264 e. The molecule has 0 aliphatic carbocycles. The number of rotatable bonds is 4. The molecule has 2 rings (SSSR count). The third-order valence-corrected chi connectivity index (χ3v) is 4.81. The number of ether oxygens (including phenoxy) is 1. The fourth-order valence-corrected chi connectivity index (χ4v) is 3.15. The maximum atomic E-state index is 5.64. The highest BCUT2D eigenvalue weighted by Gasteiger charge is 2.04. The van der Waals surface area contributed by atoms with Crippen LogP contribution in [0.3, 0.4) is 0 Å². The van der Waals surface area contributed by atoms with Crippen LogP contribution < -0.4 is 4.74 Å². The highest BCUT2D eigenvalue weighted by Crippen LogP contribution is 2.32. The van der Waals surface area contributed by atoms with E-state index in [1.165, 1.54) is 9.79 Å². The van der Waals surface area contributed by atoms with Gasteiger partial charge in [-0.3, -0.25) is 0 Å². The van der Waals surface area contributed by atoms with Crippen LogP contribution in [-0.2, 0) is 0 Å². The first-order valence-electron chi connectivity index (χ1n) is 6.39. The van der Waals surface area contributed by atoms with Crippen LogP contribution >= 0.6 is 35.7 Å². The highest BCUT2D eigenvalue weighted by molar-refractivity contribution is 7.99. The van der Waals surface area contributed by atoms with Crippen molar-refractivity contribution in [3.8, 4) is 5.75 Å². The molecule has 0 atom stereocenters. The lowest BCUT2D eigenvalue weighted by Gasteiger charge is -2.14. The molecule has 2 nitrogen and oxygen atoms in total. The molecule has 0 spiro atoms. The summed E-state index contributed by atoms with van der Waals surface area (Å²) in [4.78, 5) is 5.39. The molecule has 2 aromatic carbocycles. The minimum Gasteiger partial charge on any atom is -0.432 e. The van der Waals surface area contributed by atoms with E-state index in [0.29, 0.717) is 5.17 Å². The average Bonchev–Trinajstić information content (AvgIpc) is 2.47. The minimum atomic E-state index is 0.460. The van der Waals surface area contributed by atoms with E-state index in [4.69, 9.17) is 17.0 Å². The molecule has 110 valence electrons. The van der Waals surface area contributed by atoms with Gasteiger partial charge < -0.3 is 9.64 Å². The molecule has 0 heterocycles. The van der Waals surface area contributed by atoms with Crippen LogP contribution in [0.1, 0.15) is 0 Å². The van der Waals surface area contributed by atoms with E-state index in [1.807, 2.05) is 32.3 Å². The van der Waals surface area contributed by atoms with Crippen molar-refractivity contribution in [1.29, 1.82) is 0 Å². The van der Waals surface area contributed by atoms with Crippen LogP contribution in [0, 0.1) is 0 Å². The van der Waals surface area contributed by atoms with Gasteiger partial charge in [-0.05, 0) is 54.9 Å². The predicted octanol–water partition coefficient (Wildman–Crippen LogP) is 4.79. The maximum Gasteiger partial charge on any atom is 0.264 e. The molecular weight excluding hydrogens is 318 g/mol. The minimum absolute atomic E-state index is 0.460. The number of hydrogen-bond donors (Lipinski definition) is 0. The monoisotopic (exact) mass is 335 g/mol. The van der Waals surface area contributed by atoms with Crippen LogP contribution in [0.5, 0.6) is 5.75 Å². The van der Waals surface area contributed by atoms with E-state index < -0.39 is 0 Å². The van der Waals surface area contributed by atoms with Crippen LogP contribution in [0.25, 0.3) is 0 Å². The number of thioether (sulfide) groups is 1. The van der Waals surface area contributed by atoms with E-state index in [9.17, 15) is 0 Å². The first kappa shape index (κ1) is 16.2. The second kappa shape index (κ2) is 7.73. The molecule has 0 saturated carbocycles. The molecule has 5 heteroatoms. The first-order valence-corrected chi connectivity index (χ1v) is 8.84. The largest absolute Gasteiger partial charge is 0.432 e. The van der Waals surface area contributed by atoms with Gasteiger partial charge in [0.1, 0.15) is 5.75 Å². The van der Waals surface area contributed by atoms with Gasteiger partial charge in [-0.2, -0.15) is 0 Å². The summed E-state index contributed by atoms with van der Waals surface area (Å²) >= 11 is 8.62. The number of hydrogen-bond acceptors (Lipinski definition) is 4. The Kier molecular flexibility index (Phi) is 5.96. The summed E-state index contributed by atoms with van der Waals surface area (Å²) in [7, 11) is 3.74. The second-order valence-electron chi connectivity index (χ2n) is 4.52. The Hall–Kier alpha value is -1.17. The fraction of sp³-hybridized carbons (Fsp3) is 0.188. The lowest BCUT2D eigenvalue weighted by atomic mass is 10.3. The van der Waals surface area contributed by atoms with Gasteiger partial charge in [0.25, 0.3) is 5.17 Å². The third kappa shape index (κ3) is 4.95. The van der Waals surface area contributed by atoms with Crippen molar-refractivity contribution in [2.24, 2.45) is 0 Å². The second-order valence-corrected chi connectivity index (χ2v) is 6.89. The van der Waals surface area contributed by atoms with Gasteiger partial charge >= 0.3 is 0 Å². The average molecular weight is 336 g/mol. The molecule has 0 radical (unpaired) electrons. The first-order chi connectivity index (χ1) is 10.1. The summed E-state index contributed by atoms with van der Waals surface area (Å²) in [6, 6.07) is 16.5. The molecule has 0 fully saturated rings. The SMILES string of the molecule is CSc1cccc(Sc2cccc(OC(=S)N(C)C)c2)c1. The Labute approximate surface area is 139 Å². The molecule has 0 aliphatic rings. The summed E-state index contributed by atoms with van der Waals surface area (Å²) in [6.45, 7) is 0. The van der Waals surface area contributed by atoms with Crippen LogP contribution in [-0.4, -0.2) is 30.4 Å². The van der Waals surface area contributed by atoms with Gasteiger partial charge in [-0.1, -0.05) is 23.9 Å². The molecule has 2 aromatic rings. The maximum absolute atomic E-state index is 5.64. The quantitative estimate of drug-likeness (QED) is 0.587. The highest BCUT2D eigenvalue weighted by atomic mass is 32.2. The predicted molar refractivity (Wildman–Crippen MR) is 95.7 cm³/mol. The molecule has 0 amide bonds. The molecule has 0 unspecified atom stereocenters. The Morgan fingerprint density at radius 1 is 1.00 bits per heavy atom. The van der Waals surface area contributed by atoms with Gasteiger partial charge in [-0.25, -0.2) is 0 Å². The van der Waals surface area contributed by atoms with Crippen molar-refractivity contribution >= 4 is 40.9 Å². The Balaban J connectivity index is 2.12. The van der Waals surface area contributed by atoms with Crippen LogP contribution in [0.4, 0.5) is 0 Å². The summed E-state index contributed by atoms with van der Waals surface area (Å²) in [5.41, 5.74) is 0. The topological polar surface area (TPSA) is 12.5 Å². The zero-order valence-electron chi connectivity index (χ0n) is 12.2. The Morgan fingerprint density at radius 3 is 2.29 bits per heavy atom. The fourth-order valence-electron chi connectivity index (χ4n) is 1.59. The Morgan fingerprint density at radius 2 is 1.62 bits per heavy atom. The number of benzene rings is 2. The molecule has 0 saturated heterocycles. The lowest BCUT2D eigenvalue weighted by Crippen LogP contribution is -2.24. The van der Waals surface area contributed by atoms with Crippen LogP contribution in [0.15, 0.2) is 63.2 Å². The van der Waals surface area contributed by atoms with Crippen LogP contribution in [0.2, 0.25) is 0 Å². The van der Waals surface area contributed by atoms with E-state index in [0.717, 1.165) is 10.6 Å². The summed E-state index contributed by atoms with van der Waals surface area (Å²) < 4.78 is 5.64. The van der Waals surface area contributed by atoms with Gasteiger partial charge in [0.15, 0.2) is 0 Å².